The van der Waals surface area contributed by atoms with Gasteiger partial charge in [0.05, 0.1) is 17.3 Å². The Bertz CT molecular complexity index is 566. The Morgan fingerprint density at radius 1 is 1.35 bits per heavy atom. The predicted molar refractivity (Wildman–Crippen MR) is 79.3 cm³/mol. The Kier molecular flexibility index (Phi) is 5.15. The molecule has 1 aromatic heterocycles. The zero-order valence-corrected chi connectivity index (χ0v) is 12.5. The summed E-state index contributed by atoms with van der Waals surface area (Å²) in [5, 5.41) is 7.89. The maximum atomic E-state index is 13.8. The summed E-state index contributed by atoms with van der Waals surface area (Å²) in [4.78, 5) is 0. The van der Waals surface area contributed by atoms with Crippen molar-refractivity contribution in [1.29, 1.82) is 0 Å². The number of nitrogens with one attached hydrogen (secondary N) is 1. The third-order valence-corrected chi connectivity index (χ3v) is 3.21. The Morgan fingerprint density at radius 2 is 2.15 bits per heavy atom. The average molecular weight is 296 g/mol. The van der Waals surface area contributed by atoms with E-state index in [1.54, 1.807) is 22.9 Å². The summed E-state index contributed by atoms with van der Waals surface area (Å²) < 4.78 is 15.5. The van der Waals surface area contributed by atoms with Crippen molar-refractivity contribution in [3.8, 4) is 0 Å². The topological polar surface area (TPSA) is 29.9 Å². The summed E-state index contributed by atoms with van der Waals surface area (Å²) in [6, 6.07) is 6.95. The minimum atomic E-state index is -0.371. The number of hydrogen-bond donors (Lipinski definition) is 1. The number of nitrogens with zero attached hydrogens (tertiary/aromatic N) is 2. The fourth-order valence-corrected chi connectivity index (χ4v) is 2.11. The number of aromatic nitrogens is 2. The SMILES string of the molecule is CC(C)CNCc1ccn(Cc2cccc(Cl)c2F)n1. The van der Waals surface area contributed by atoms with E-state index in [0.29, 0.717) is 18.0 Å². The van der Waals surface area contributed by atoms with Gasteiger partial charge in [0.15, 0.2) is 0 Å². The number of benzene rings is 1. The molecule has 1 heterocycles. The summed E-state index contributed by atoms with van der Waals surface area (Å²) in [5.41, 5.74) is 1.50. The van der Waals surface area contributed by atoms with Crippen molar-refractivity contribution < 1.29 is 4.39 Å². The van der Waals surface area contributed by atoms with E-state index < -0.39 is 0 Å². The molecule has 2 rings (SSSR count). The van der Waals surface area contributed by atoms with E-state index >= 15 is 0 Å². The maximum absolute atomic E-state index is 13.8. The minimum absolute atomic E-state index is 0.147. The molecule has 0 aliphatic heterocycles. The first kappa shape index (κ1) is 15.0. The van der Waals surface area contributed by atoms with Crippen molar-refractivity contribution in [3.63, 3.8) is 0 Å². The van der Waals surface area contributed by atoms with E-state index in [1.807, 2.05) is 12.3 Å². The van der Waals surface area contributed by atoms with Crippen molar-refractivity contribution in [2.75, 3.05) is 6.54 Å². The largest absolute Gasteiger partial charge is 0.311 e. The quantitative estimate of drug-likeness (QED) is 0.884. The molecular formula is C15H19ClFN3. The molecule has 1 aromatic carbocycles. The van der Waals surface area contributed by atoms with E-state index in [9.17, 15) is 4.39 Å². The first-order chi connectivity index (χ1) is 9.56. The van der Waals surface area contributed by atoms with Gasteiger partial charge in [0.25, 0.3) is 0 Å². The Morgan fingerprint density at radius 3 is 2.90 bits per heavy atom. The van der Waals surface area contributed by atoms with Crippen LogP contribution in [0, 0.1) is 11.7 Å². The first-order valence-electron chi connectivity index (χ1n) is 6.72. The van der Waals surface area contributed by atoms with Gasteiger partial charge in [0, 0.05) is 18.3 Å². The number of hydrogen-bond acceptors (Lipinski definition) is 2. The van der Waals surface area contributed by atoms with Crippen LogP contribution in [0.15, 0.2) is 30.5 Å². The van der Waals surface area contributed by atoms with Gasteiger partial charge >= 0.3 is 0 Å². The standard InChI is InChI=1S/C15H19ClFN3/c1-11(2)8-18-9-13-6-7-20(19-13)10-12-4-3-5-14(16)15(12)17/h3-7,11,18H,8-10H2,1-2H3. The Balaban J connectivity index is 1.97. The molecule has 0 atom stereocenters. The number of rotatable bonds is 6. The van der Waals surface area contributed by atoms with Gasteiger partial charge in [-0.15, -0.1) is 0 Å². The summed E-state index contributed by atoms with van der Waals surface area (Å²) in [6.45, 7) is 6.39. The van der Waals surface area contributed by atoms with Crippen LogP contribution in [-0.4, -0.2) is 16.3 Å². The van der Waals surface area contributed by atoms with Gasteiger partial charge < -0.3 is 5.32 Å². The second-order valence-corrected chi connectivity index (χ2v) is 5.65. The highest BCUT2D eigenvalue weighted by atomic mass is 35.5. The van der Waals surface area contributed by atoms with Crippen LogP contribution in [-0.2, 0) is 13.1 Å². The average Bonchev–Trinajstić information content (AvgIpc) is 2.82. The third kappa shape index (κ3) is 4.05. The van der Waals surface area contributed by atoms with Crippen molar-refractivity contribution in [2.24, 2.45) is 5.92 Å². The van der Waals surface area contributed by atoms with E-state index in [2.05, 4.69) is 24.3 Å². The van der Waals surface area contributed by atoms with Crippen LogP contribution >= 0.6 is 11.6 Å². The molecule has 1 N–H and O–H groups in total. The molecule has 0 saturated heterocycles. The lowest BCUT2D eigenvalue weighted by Gasteiger charge is -2.06. The van der Waals surface area contributed by atoms with Gasteiger partial charge in [-0.3, -0.25) is 4.68 Å². The summed E-state index contributed by atoms with van der Waals surface area (Å²) in [6.07, 6.45) is 1.85. The smallest absolute Gasteiger partial charge is 0.146 e. The Labute approximate surface area is 123 Å². The van der Waals surface area contributed by atoms with E-state index in [0.717, 1.165) is 18.8 Å². The molecule has 108 valence electrons. The molecule has 3 nitrogen and oxygen atoms in total. The van der Waals surface area contributed by atoms with Gasteiger partial charge in [-0.25, -0.2) is 4.39 Å². The lowest BCUT2D eigenvalue weighted by atomic mass is 10.2. The predicted octanol–water partition coefficient (Wildman–Crippen LogP) is 3.47. The molecule has 5 heteroatoms. The van der Waals surface area contributed by atoms with Gasteiger partial charge in [-0.05, 0) is 24.6 Å². The van der Waals surface area contributed by atoms with E-state index in [4.69, 9.17) is 11.6 Å². The normalized spacial score (nSPS) is 11.2. The highest BCUT2D eigenvalue weighted by molar-refractivity contribution is 6.30. The van der Waals surface area contributed by atoms with Gasteiger partial charge in [0.2, 0.25) is 0 Å². The van der Waals surface area contributed by atoms with Crippen molar-refractivity contribution in [2.45, 2.75) is 26.9 Å². The maximum Gasteiger partial charge on any atom is 0.146 e. The highest BCUT2D eigenvalue weighted by Gasteiger charge is 2.07. The van der Waals surface area contributed by atoms with Gasteiger partial charge in [0.1, 0.15) is 5.82 Å². The monoisotopic (exact) mass is 295 g/mol. The van der Waals surface area contributed by atoms with Crippen LogP contribution in [0.2, 0.25) is 5.02 Å². The van der Waals surface area contributed by atoms with Crippen LogP contribution in [0.4, 0.5) is 4.39 Å². The molecule has 0 unspecified atom stereocenters. The summed E-state index contributed by atoms with van der Waals surface area (Å²) in [7, 11) is 0. The van der Waals surface area contributed by atoms with Crippen LogP contribution in [0.1, 0.15) is 25.1 Å². The summed E-state index contributed by atoms with van der Waals surface area (Å²) >= 11 is 5.77. The lowest BCUT2D eigenvalue weighted by Crippen LogP contribution is -2.19. The minimum Gasteiger partial charge on any atom is -0.311 e. The second kappa shape index (κ2) is 6.86. The zero-order chi connectivity index (χ0) is 14.5. The summed E-state index contributed by atoms with van der Waals surface area (Å²) in [5.74, 6) is 0.238. The molecule has 0 fully saturated rings. The fraction of sp³-hybridized carbons (Fsp3) is 0.400. The van der Waals surface area contributed by atoms with Crippen LogP contribution in [0.3, 0.4) is 0 Å². The molecular weight excluding hydrogens is 277 g/mol. The van der Waals surface area contributed by atoms with E-state index in [-0.39, 0.29) is 10.8 Å². The van der Waals surface area contributed by atoms with Gasteiger partial charge in [-0.1, -0.05) is 37.6 Å². The van der Waals surface area contributed by atoms with Crippen LogP contribution < -0.4 is 5.32 Å². The molecule has 0 aliphatic rings. The van der Waals surface area contributed by atoms with Crippen molar-refractivity contribution in [1.82, 2.24) is 15.1 Å². The molecule has 0 bridgehead atoms. The molecule has 0 amide bonds. The van der Waals surface area contributed by atoms with E-state index in [1.165, 1.54) is 0 Å². The molecule has 0 aliphatic carbocycles. The molecule has 20 heavy (non-hydrogen) atoms. The highest BCUT2D eigenvalue weighted by Crippen LogP contribution is 2.18. The lowest BCUT2D eigenvalue weighted by molar-refractivity contribution is 0.540. The molecule has 0 saturated carbocycles. The molecule has 0 radical (unpaired) electrons. The molecule has 0 spiro atoms. The van der Waals surface area contributed by atoms with Gasteiger partial charge in [-0.2, -0.15) is 5.10 Å². The number of halogens is 2. The fourth-order valence-electron chi connectivity index (χ4n) is 1.92. The second-order valence-electron chi connectivity index (χ2n) is 5.24. The van der Waals surface area contributed by atoms with Crippen LogP contribution in [0.25, 0.3) is 0 Å². The zero-order valence-electron chi connectivity index (χ0n) is 11.7. The first-order valence-corrected chi connectivity index (χ1v) is 7.10. The van der Waals surface area contributed by atoms with Crippen molar-refractivity contribution in [3.05, 3.63) is 52.6 Å². The third-order valence-electron chi connectivity index (χ3n) is 2.92. The van der Waals surface area contributed by atoms with Crippen molar-refractivity contribution >= 4 is 11.6 Å². The molecule has 2 aromatic rings. The Hall–Kier alpha value is -1.39. The van der Waals surface area contributed by atoms with Crippen LogP contribution in [0.5, 0.6) is 0 Å².